The summed E-state index contributed by atoms with van der Waals surface area (Å²) < 4.78 is 13.3. The van der Waals surface area contributed by atoms with Crippen molar-refractivity contribution in [2.24, 2.45) is 0 Å². The molecule has 1 aromatic heterocycles. The topological polar surface area (TPSA) is 56.4 Å². The van der Waals surface area contributed by atoms with Gasteiger partial charge < -0.3 is 14.8 Å². The highest BCUT2D eigenvalue weighted by atomic mass is 19.1. The van der Waals surface area contributed by atoms with Crippen LogP contribution in [0.25, 0.3) is 0 Å². The lowest BCUT2D eigenvalue weighted by molar-refractivity contribution is 0.0535. The molecule has 5 nitrogen and oxygen atoms in total. The molecule has 0 bridgehead atoms. The molecule has 1 aliphatic rings. The summed E-state index contributed by atoms with van der Waals surface area (Å²) in [5.41, 5.74) is 1.56. The Balaban J connectivity index is 1.63. The fourth-order valence-corrected chi connectivity index (χ4v) is 2.71. The van der Waals surface area contributed by atoms with Gasteiger partial charge in [0, 0.05) is 44.1 Å². The molecular formula is C17H18FN3O2. The predicted molar refractivity (Wildman–Crippen MR) is 83.7 cm³/mol. The van der Waals surface area contributed by atoms with E-state index in [0.717, 1.165) is 0 Å². The number of benzene rings is 1. The molecule has 0 spiro atoms. The Morgan fingerprint density at radius 1 is 1.00 bits per heavy atom. The number of amides is 2. The number of nitrogens with one attached hydrogen (secondary N) is 1. The number of piperazine rings is 1. The second-order valence-electron chi connectivity index (χ2n) is 5.65. The van der Waals surface area contributed by atoms with Crippen LogP contribution in [0.1, 0.15) is 26.3 Å². The van der Waals surface area contributed by atoms with Gasteiger partial charge in [0.15, 0.2) is 0 Å². The summed E-state index contributed by atoms with van der Waals surface area (Å²) in [6.45, 7) is 3.59. The molecular weight excluding hydrogens is 297 g/mol. The fourth-order valence-electron chi connectivity index (χ4n) is 2.71. The van der Waals surface area contributed by atoms with E-state index in [9.17, 15) is 14.0 Å². The van der Waals surface area contributed by atoms with Crippen molar-refractivity contribution in [1.29, 1.82) is 0 Å². The largest absolute Gasteiger partial charge is 0.367 e. The van der Waals surface area contributed by atoms with Crippen LogP contribution < -0.4 is 0 Å². The second kappa shape index (κ2) is 6.24. The van der Waals surface area contributed by atoms with Gasteiger partial charge in [0.05, 0.1) is 5.56 Å². The molecule has 1 N–H and O–H groups in total. The van der Waals surface area contributed by atoms with Gasteiger partial charge in [0.25, 0.3) is 11.8 Å². The Morgan fingerprint density at radius 2 is 1.61 bits per heavy atom. The molecule has 1 saturated heterocycles. The maximum absolute atomic E-state index is 13.3. The van der Waals surface area contributed by atoms with E-state index in [1.165, 1.54) is 12.1 Å². The zero-order chi connectivity index (χ0) is 16.4. The minimum Gasteiger partial charge on any atom is -0.367 e. The number of rotatable bonds is 2. The van der Waals surface area contributed by atoms with Crippen LogP contribution in [-0.4, -0.2) is 52.8 Å². The molecule has 23 heavy (non-hydrogen) atoms. The third-order valence-electron chi connectivity index (χ3n) is 4.10. The number of hydrogen-bond acceptors (Lipinski definition) is 2. The van der Waals surface area contributed by atoms with E-state index >= 15 is 0 Å². The van der Waals surface area contributed by atoms with Crippen molar-refractivity contribution in [1.82, 2.24) is 14.8 Å². The fraction of sp³-hybridized carbons (Fsp3) is 0.294. The van der Waals surface area contributed by atoms with E-state index in [4.69, 9.17) is 0 Å². The van der Waals surface area contributed by atoms with Crippen LogP contribution in [0.15, 0.2) is 36.7 Å². The molecule has 1 fully saturated rings. The minimum absolute atomic E-state index is 0.0315. The SMILES string of the molecule is Cc1cc(C(=O)N2CCN(C(=O)c3cc[nH]c3)CC2)ccc1F. The van der Waals surface area contributed by atoms with E-state index in [1.54, 1.807) is 41.2 Å². The lowest BCUT2D eigenvalue weighted by Crippen LogP contribution is -2.50. The van der Waals surface area contributed by atoms with Crippen molar-refractivity contribution < 1.29 is 14.0 Å². The number of hydrogen-bond donors (Lipinski definition) is 1. The van der Waals surface area contributed by atoms with E-state index in [0.29, 0.717) is 42.9 Å². The standard InChI is InChI=1S/C17H18FN3O2/c1-12-10-13(2-3-15(12)18)16(22)20-6-8-21(9-7-20)17(23)14-4-5-19-11-14/h2-5,10-11,19H,6-9H2,1H3. The van der Waals surface area contributed by atoms with Crippen LogP contribution >= 0.6 is 0 Å². The zero-order valence-corrected chi connectivity index (χ0v) is 12.9. The van der Waals surface area contributed by atoms with Gasteiger partial charge in [-0.15, -0.1) is 0 Å². The highest BCUT2D eigenvalue weighted by molar-refractivity contribution is 5.96. The quantitative estimate of drug-likeness (QED) is 0.922. The number of H-pyrrole nitrogens is 1. The van der Waals surface area contributed by atoms with Crippen LogP contribution in [0.2, 0.25) is 0 Å². The first kappa shape index (κ1) is 15.3. The third-order valence-corrected chi connectivity index (χ3v) is 4.10. The molecule has 2 heterocycles. The van der Waals surface area contributed by atoms with Gasteiger partial charge >= 0.3 is 0 Å². The highest BCUT2D eigenvalue weighted by Gasteiger charge is 2.25. The summed E-state index contributed by atoms with van der Waals surface area (Å²) in [4.78, 5) is 31.0. The number of aromatic amines is 1. The minimum atomic E-state index is -0.316. The summed E-state index contributed by atoms with van der Waals surface area (Å²) in [5, 5.41) is 0. The first-order chi connectivity index (χ1) is 11.1. The molecule has 120 valence electrons. The van der Waals surface area contributed by atoms with Crippen LogP contribution in [0.3, 0.4) is 0 Å². The van der Waals surface area contributed by atoms with Crippen LogP contribution in [0, 0.1) is 12.7 Å². The van der Waals surface area contributed by atoms with Crippen molar-refractivity contribution in [3.05, 3.63) is 59.2 Å². The number of carbonyl (C=O) groups excluding carboxylic acids is 2. The Labute approximate surface area is 133 Å². The average molecular weight is 315 g/mol. The van der Waals surface area contributed by atoms with Gasteiger partial charge in [-0.3, -0.25) is 9.59 Å². The summed E-state index contributed by atoms with van der Waals surface area (Å²) in [7, 11) is 0. The Bertz CT molecular complexity index is 719. The lowest BCUT2D eigenvalue weighted by atomic mass is 10.1. The van der Waals surface area contributed by atoms with Gasteiger partial charge in [0.1, 0.15) is 5.82 Å². The Morgan fingerprint density at radius 3 is 2.13 bits per heavy atom. The van der Waals surface area contributed by atoms with Crippen molar-refractivity contribution in [2.75, 3.05) is 26.2 Å². The maximum atomic E-state index is 13.3. The monoisotopic (exact) mass is 315 g/mol. The maximum Gasteiger partial charge on any atom is 0.255 e. The second-order valence-corrected chi connectivity index (χ2v) is 5.65. The smallest absolute Gasteiger partial charge is 0.255 e. The summed E-state index contributed by atoms with van der Waals surface area (Å²) in [5.74, 6) is -0.471. The number of carbonyl (C=O) groups is 2. The molecule has 0 radical (unpaired) electrons. The van der Waals surface area contributed by atoms with Crippen molar-refractivity contribution in [3.63, 3.8) is 0 Å². The first-order valence-corrected chi connectivity index (χ1v) is 7.54. The van der Waals surface area contributed by atoms with Crippen LogP contribution in [-0.2, 0) is 0 Å². The number of aromatic nitrogens is 1. The lowest BCUT2D eigenvalue weighted by Gasteiger charge is -2.34. The van der Waals surface area contributed by atoms with Gasteiger partial charge in [0.2, 0.25) is 0 Å². The van der Waals surface area contributed by atoms with Gasteiger partial charge in [-0.05, 0) is 36.8 Å². The van der Waals surface area contributed by atoms with Crippen molar-refractivity contribution in [3.8, 4) is 0 Å². The zero-order valence-electron chi connectivity index (χ0n) is 12.9. The van der Waals surface area contributed by atoms with E-state index < -0.39 is 0 Å². The van der Waals surface area contributed by atoms with Crippen molar-refractivity contribution >= 4 is 11.8 Å². The van der Waals surface area contributed by atoms with Crippen LogP contribution in [0.4, 0.5) is 4.39 Å². The molecule has 0 atom stereocenters. The van der Waals surface area contributed by atoms with E-state index in [2.05, 4.69) is 4.98 Å². The Hall–Kier alpha value is -2.63. The molecule has 0 unspecified atom stereocenters. The number of aryl methyl sites for hydroxylation is 1. The average Bonchev–Trinajstić information content (AvgIpc) is 3.11. The summed E-state index contributed by atoms with van der Waals surface area (Å²) in [6, 6.07) is 6.12. The Kier molecular flexibility index (Phi) is 4.14. The number of halogens is 1. The van der Waals surface area contributed by atoms with Gasteiger partial charge in [-0.25, -0.2) is 4.39 Å². The van der Waals surface area contributed by atoms with Gasteiger partial charge in [-0.2, -0.15) is 0 Å². The molecule has 0 aliphatic carbocycles. The van der Waals surface area contributed by atoms with Crippen LogP contribution in [0.5, 0.6) is 0 Å². The van der Waals surface area contributed by atoms with Gasteiger partial charge in [-0.1, -0.05) is 0 Å². The van der Waals surface area contributed by atoms with E-state index in [1.807, 2.05) is 0 Å². The molecule has 6 heteroatoms. The number of nitrogens with zero attached hydrogens (tertiary/aromatic N) is 2. The summed E-state index contributed by atoms with van der Waals surface area (Å²) in [6.07, 6.45) is 3.38. The van der Waals surface area contributed by atoms with E-state index in [-0.39, 0.29) is 17.6 Å². The summed E-state index contributed by atoms with van der Waals surface area (Å²) >= 11 is 0. The molecule has 1 aromatic carbocycles. The molecule has 2 aromatic rings. The predicted octanol–water partition coefficient (Wildman–Crippen LogP) is 2.06. The third kappa shape index (κ3) is 3.11. The first-order valence-electron chi connectivity index (χ1n) is 7.54. The molecule has 2 amide bonds. The normalized spacial score (nSPS) is 14.9. The molecule has 0 saturated carbocycles. The highest BCUT2D eigenvalue weighted by Crippen LogP contribution is 2.14. The molecule has 3 rings (SSSR count). The van der Waals surface area contributed by atoms with Crippen molar-refractivity contribution in [2.45, 2.75) is 6.92 Å². The molecule has 1 aliphatic heterocycles.